The summed E-state index contributed by atoms with van der Waals surface area (Å²) in [7, 11) is 0. The van der Waals surface area contributed by atoms with Crippen LogP contribution in [0.5, 0.6) is 0 Å². The van der Waals surface area contributed by atoms with Gasteiger partial charge >= 0.3 is 0 Å². The fraction of sp³-hybridized carbons (Fsp3) is 0.600. The maximum atomic E-state index is 10.1. The van der Waals surface area contributed by atoms with Crippen LogP contribution < -0.4 is 0 Å². The zero-order valence-corrected chi connectivity index (χ0v) is 8.06. The van der Waals surface area contributed by atoms with Crippen molar-refractivity contribution < 1.29 is 37.5 Å². The number of hydrogen-bond acceptors (Lipinski definition) is 1. The standard InChI is InChI=1S/C4H6NO.CH3.Y/c1-3(6)4-2-5-4;;/h4H,2H2,1H3;1H3;/q2*-1;. The van der Waals surface area contributed by atoms with Crippen molar-refractivity contribution in [1.82, 2.24) is 0 Å². The van der Waals surface area contributed by atoms with Gasteiger partial charge in [-0.25, -0.2) is 0 Å². The molecular weight excluding hydrogens is 179 g/mol. The van der Waals surface area contributed by atoms with E-state index in [1.165, 1.54) is 0 Å². The third-order valence-electron chi connectivity index (χ3n) is 0.834. The molecule has 1 fully saturated rings. The normalized spacial score (nSPS) is 22.4. The molecule has 0 amide bonds. The van der Waals surface area contributed by atoms with Gasteiger partial charge in [0.25, 0.3) is 0 Å². The number of ketones is 1. The Morgan fingerprint density at radius 2 is 2.12 bits per heavy atom. The molecule has 2 nitrogen and oxygen atoms in total. The molecule has 8 heavy (non-hydrogen) atoms. The molecule has 0 aromatic carbocycles. The Balaban J connectivity index is 0. The summed E-state index contributed by atoms with van der Waals surface area (Å²) in [6.45, 7) is 2.34. The second-order valence-corrected chi connectivity index (χ2v) is 1.49. The molecule has 1 saturated heterocycles. The molecule has 0 aromatic heterocycles. The molecule has 1 aliphatic heterocycles. The SMILES string of the molecule is CC(=O)C1C[N-]1.[CH3-].[Y]. The predicted octanol–water partition coefficient (Wildman–Crippen LogP) is 0.779. The van der Waals surface area contributed by atoms with Crippen LogP contribution in [0.2, 0.25) is 0 Å². The van der Waals surface area contributed by atoms with Crippen LogP contribution in [-0.2, 0) is 37.5 Å². The van der Waals surface area contributed by atoms with Gasteiger partial charge < -0.3 is 17.5 Å². The topological polar surface area (TPSA) is 31.2 Å². The molecule has 1 unspecified atom stereocenters. The number of rotatable bonds is 1. The summed E-state index contributed by atoms with van der Waals surface area (Å²) in [5.74, 6) is 0.204. The van der Waals surface area contributed by atoms with Crippen molar-refractivity contribution in [1.29, 1.82) is 0 Å². The Labute approximate surface area is 75.3 Å². The van der Waals surface area contributed by atoms with E-state index in [0.29, 0.717) is 0 Å². The smallest absolute Gasteiger partial charge is 0.110 e. The molecule has 1 heterocycles. The van der Waals surface area contributed by atoms with Crippen LogP contribution in [0.15, 0.2) is 0 Å². The second-order valence-electron chi connectivity index (χ2n) is 1.49. The third kappa shape index (κ3) is 3.70. The Morgan fingerprint density at radius 3 is 2.12 bits per heavy atom. The van der Waals surface area contributed by atoms with Crippen molar-refractivity contribution in [3.05, 3.63) is 12.7 Å². The summed E-state index contributed by atoms with van der Waals surface area (Å²) in [6, 6.07) is 0.0880. The fourth-order valence-electron chi connectivity index (χ4n) is 0.310. The average Bonchev–Trinajstić information content (AvgIpc) is 2.06. The Bertz CT molecular complexity index is 80.5. The van der Waals surface area contributed by atoms with Gasteiger partial charge in [-0.2, -0.15) is 6.54 Å². The molecule has 0 aromatic rings. The summed E-state index contributed by atoms with van der Waals surface area (Å²) in [6.07, 6.45) is 0. The van der Waals surface area contributed by atoms with Crippen molar-refractivity contribution >= 4 is 5.78 Å². The maximum absolute atomic E-state index is 10.1. The van der Waals surface area contributed by atoms with Gasteiger partial charge in [0.1, 0.15) is 5.78 Å². The van der Waals surface area contributed by atoms with Gasteiger partial charge in [0, 0.05) is 32.7 Å². The largest absolute Gasteiger partial charge is 0.656 e. The Hall–Kier alpha value is 0.734. The van der Waals surface area contributed by atoms with Crippen LogP contribution in [0.4, 0.5) is 0 Å². The Kier molecular flexibility index (Phi) is 6.62. The molecule has 1 rings (SSSR count). The van der Waals surface area contributed by atoms with Crippen LogP contribution >= 0.6 is 0 Å². The number of Topliss-reactive ketones (excluding diaryl/α,β-unsaturated/α-hetero) is 1. The molecule has 0 spiro atoms. The van der Waals surface area contributed by atoms with Crippen LogP contribution in [-0.4, -0.2) is 18.4 Å². The first-order valence-corrected chi connectivity index (χ1v) is 1.98. The summed E-state index contributed by atoms with van der Waals surface area (Å²) in [4.78, 5) is 10.1. The average molecular weight is 188 g/mol. The minimum Gasteiger partial charge on any atom is -0.656 e. The molecule has 3 heteroatoms. The monoisotopic (exact) mass is 188 g/mol. The fourth-order valence-corrected chi connectivity index (χ4v) is 0.310. The van der Waals surface area contributed by atoms with Crippen LogP contribution in [0.1, 0.15) is 6.92 Å². The number of carbonyl (C=O) groups excluding carboxylic acids is 1. The van der Waals surface area contributed by atoms with Gasteiger partial charge in [-0.3, -0.25) is 0 Å². The predicted molar refractivity (Wildman–Crippen MR) is 29.1 cm³/mol. The minimum atomic E-state index is 0. The molecule has 0 aliphatic carbocycles. The molecule has 0 N–H and O–H groups in total. The molecule has 1 atom stereocenters. The zero-order chi connectivity index (χ0) is 4.57. The van der Waals surface area contributed by atoms with Crippen molar-refractivity contribution in [2.45, 2.75) is 13.0 Å². The molecule has 1 radical (unpaired) electrons. The van der Waals surface area contributed by atoms with E-state index in [1.807, 2.05) is 0 Å². The molecule has 1 aliphatic rings. The van der Waals surface area contributed by atoms with E-state index in [0.717, 1.165) is 6.54 Å². The molecule has 0 bridgehead atoms. The van der Waals surface area contributed by atoms with Gasteiger partial charge in [-0.1, -0.05) is 6.04 Å². The molecule has 45 valence electrons. The summed E-state index contributed by atoms with van der Waals surface area (Å²) in [5, 5.41) is 3.75. The van der Waals surface area contributed by atoms with Gasteiger partial charge in [0.2, 0.25) is 0 Å². The first-order valence-electron chi connectivity index (χ1n) is 1.98. The van der Waals surface area contributed by atoms with E-state index >= 15 is 0 Å². The van der Waals surface area contributed by atoms with Gasteiger partial charge in [0.05, 0.1) is 0 Å². The van der Waals surface area contributed by atoms with Crippen LogP contribution in [0.25, 0.3) is 5.32 Å². The van der Waals surface area contributed by atoms with Crippen molar-refractivity contribution in [2.75, 3.05) is 6.54 Å². The van der Waals surface area contributed by atoms with Gasteiger partial charge in [0.15, 0.2) is 0 Å². The quantitative estimate of drug-likeness (QED) is 0.441. The first kappa shape index (κ1) is 11.5. The summed E-state index contributed by atoms with van der Waals surface area (Å²) in [5.41, 5.74) is 0. The van der Waals surface area contributed by atoms with Gasteiger partial charge in [-0.15, -0.1) is 0 Å². The van der Waals surface area contributed by atoms with E-state index in [1.54, 1.807) is 6.92 Å². The summed E-state index contributed by atoms with van der Waals surface area (Å²) >= 11 is 0. The van der Waals surface area contributed by atoms with E-state index in [9.17, 15) is 4.79 Å². The maximum Gasteiger partial charge on any atom is 0.110 e. The van der Waals surface area contributed by atoms with Crippen molar-refractivity contribution in [2.24, 2.45) is 0 Å². The molecule has 0 saturated carbocycles. The zero-order valence-electron chi connectivity index (χ0n) is 5.22. The van der Waals surface area contributed by atoms with Crippen LogP contribution in [0, 0.1) is 7.43 Å². The van der Waals surface area contributed by atoms with E-state index in [4.69, 9.17) is 0 Å². The second kappa shape index (κ2) is 4.60. The first-order chi connectivity index (χ1) is 2.80. The number of hydrogen-bond donors (Lipinski definition) is 0. The molecular formula is C5H9NOY-2. The van der Waals surface area contributed by atoms with Crippen LogP contribution in [0.3, 0.4) is 0 Å². The van der Waals surface area contributed by atoms with E-state index < -0.39 is 0 Å². The number of nitrogens with zero attached hydrogens (tertiary/aromatic N) is 1. The summed E-state index contributed by atoms with van der Waals surface area (Å²) < 4.78 is 0. The number of carbonyl (C=O) groups is 1. The minimum absolute atomic E-state index is 0. The Morgan fingerprint density at radius 1 is 1.75 bits per heavy atom. The third-order valence-corrected chi connectivity index (χ3v) is 0.834. The van der Waals surface area contributed by atoms with Crippen molar-refractivity contribution in [3.8, 4) is 0 Å². The van der Waals surface area contributed by atoms with Crippen molar-refractivity contribution in [3.63, 3.8) is 0 Å². The van der Waals surface area contributed by atoms with E-state index in [2.05, 4.69) is 5.32 Å². The van der Waals surface area contributed by atoms with E-state index in [-0.39, 0.29) is 52.0 Å². The van der Waals surface area contributed by atoms with Gasteiger partial charge in [-0.05, 0) is 6.92 Å².